The van der Waals surface area contributed by atoms with Crippen LogP contribution in [-0.2, 0) is 16.1 Å². The SMILES string of the molecule is Cc1cc(CN2CC[C@@H]3OCC[C@H](C(=O)Nc4cccnc4)[C@@H]3C2)no1. The molecule has 0 bridgehead atoms. The number of aryl methyl sites for hydroxylation is 1. The Morgan fingerprint density at radius 3 is 3.12 bits per heavy atom. The number of nitrogens with one attached hydrogen (secondary N) is 1. The summed E-state index contributed by atoms with van der Waals surface area (Å²) in [6.45, 7) is 5.08. The average Bonchev–Trinajstić information content (AvgIpc) is 3.06. The van der Waals surface area contributed by atoms with Gasteiger partial charge in [-0.05, 0) is 31.9 Å². The molecule has 2 saturated heterocycles. The lowest BCUT2D eigenvalue weighted by Crippen LogP contribution is -2.52. The van der Waals surface area contributed by atoms with E-state index in [0.717, 1.165) is 49.6 Å². The van der Waals surface area contributed by atoms with Gasteiger partial charge in [-0.25, -0.2) is 0 Å². The molecule has 2 fully saturated rings. The Kier molecular flexibility index (Phi) is 4.99. The van der Waals surface area contributed by atoms with Gasteiger partial charge in [0.05, 0.1) is 23.7 Å². The van der Waals surface area contributed by atoms with E-state index in [4.69, 9.17) is 9.26 Å². The second-order valence-corrected chi connectivity index (χ2v) is 7.15. The van der Waals surface area contributed by atoms with Crippen LogP contribution in [0.3, 0.4) is 0 Å². The van der Waals surface area contributed by atoms with Crippen molar-refractivity contribution in [1.29, 1.82) is 0 Å². The lowest BCUT2D eigenvalue weighted by atomic mass is 9.79. The van der Waals surface area contributed by atoms with Crippen molar-refractivity contribution >= 4 is 11.6 Å². The van der Waals surface area contributed by atoms with Crippen LogP contribution in [0.2, 0.25) is 0 Å². The van der Waals surface area contributed by atoms with Crippen molar-refractivity contribution in [3.63, 3.8) is 0 Å². The minimum absolute atomic E-state index is 0.0456. The van der Waals surface area contributed by atoms with E-state index in [9.17, 15) is 4.79 Å². The number of piperidine rings is 1. The van der Waals surface area contributed by atoms with E-state index >= 15 is 0 Å². The smallest absolute Gasteiger partial charge is 0.228 e. The summed E-state index contributed by atoms with van der Waals surface area (Å²) in [6, 6.07) is 5.66. The molecule has 2 aliphatic rings. The first-order valence-corrected chi connectivity index (χ1v) is 9.16. The standard InChI is InChI=1S/C19H24N4O3/c1-13-9-15(22-26-13)11-23-7-4-18-17(12-23)16(5-8-25-18)19(24)21-14-3-2-6-20-10-14/h2-3,6,9-10,16-18H,4-5,7-8,11-12H2,1H3,(H,21,24)/t16-,17-,18-/m0/s1. The van der Waals surface area contributed by atoms with E-state index in [1.54, 1.807) is 12.4 Å². The highest BCUT2D eigenvalue weighted by atomic mass is 16.5. The number of carbonyl (C=O) groups is 1. The molecule has 4 rings (SSSR count). The summed E-state index contributed by atoms with van der Waals surface area (Å²) in [4.78, 5) is 19.3. The number of aromatic nitrogens is 2. The number of likely N-dealkylation sites (tertiary alicyclic amines) is 1. The summed E-state index contributed by atoms with van der Waals surface area (Å²) in [7, 11) is 0. The van der Waals surface area contributed by atoms with E-state index in [2.05, 4.69) is 20.4 Å². The Morgan fingerprint density at radius 2 is 2.35 bits per heavy atom. The normalized spacial score (nSPS) is 26.3. The molecule has 2 aliphatic heterocycles. The molecular weight excluding hydrogens is 332 g/mol. The van der Waals surface area contributed by atoms with Gasteiger partial charge in [0, 0.05) is 50.3 Å². The molecule has 0 spiro atoms. The Balaban J connectivity index is 1.43. The lowest BCUT2D eigenvalue weighted by molar-refractivity contribution is -0.137. The van der Waals surface area contributed by atoms with Crippen LogP contribution in [0.5, 0.6) is 0 Å². The highest BCUT2D eigenvalue weighted by Crippen LogP contribution is 2.34. The van der Waals surface area contributed by atoms with Crippen molar-refractivity contribution in [3.8, 4) is 0 Å². The zero-order valence-corrected chi connectivity index (χ0v) is 14.9. The maximum absolute atomic E-state index is 12.9. The molecule has 3 atom stereocenters. The van der Waals surface area contributed by atoms with Crippen molar-refractivity contribution < 1.29 is 14.1 Å². The Labute approximate surface area is 152 Å². The number of nitrogens with zero attached hydrogens (tertiary/aromatic N) is 3. The summed E-state index contributed by atoms with van der Waals surface area (Å²) in [5.74, 6) is 1.04. The zero-order valence-electron chi connectivity index (χ0n) is 14.9. The number of hydrogen-bond donors (Lipinski definition) is 1. The Hall–Kier alpha value is -2.25. The highest BCUT2D eigenvalue weighted by Gasteiger charge is 2.41. The lowest BCUT2D eigenvalue weighted by Gasteiger charge is -2.44. The molecule has 26 heavy (non-hydrogen) atoms. The van der Waals surface area contributed by atoms with Gasteiger partial charge in [-0.1, -0.05) is 5.16 Å². The fourth-order valence-electron chi connectivity index (χ4n) is 4.05. The van der Waals surface area contributed by atoms with Crippen LogP contribution in [0.25, 0.3) is 0 Å². The molecule has 0 radical (unpaired) electrons. The average molecular weight is 356 g/mol. The number of pyridine rings is 1. The highest BCUT2D eigenvalue weighted by molar-refractivity contribution is 5.92. The van der Waals surface area contributed by atoms with Gasteiger partial charge in [-0.2, -0.15) is 0 Å². The predicted octanol–water partition coefficient (Wildman–Crippen LogP) is 2.24. The predicted molar refractivity (Wildman–Crippen MR) is 95.3 cm³/mol. The van der Waals surface area contributed by atoms with Crippen LogP contribution in [-0.4, -0.2) is 46.7 Å². The quantitative estimate of drug-likeness (QED) is 0.905. The summed E-state index contributed by atoms with van der Waals surface area (Å²) in [5, 5.41) is 7.10. The number of hydrogen-bond acceptors (Lipinski definition) is 6. The summed E-state index contributed by atoms with van der Waals surface area (Å²) in [6.07, 6.45) is 5.23. The van der Waals surface area contributed by atoms with Crippen LogP contribution in [0.15, 0.2) is 35.1 Å². The van der Waals surface area contributed by atoms with Crippen molar-refractivity contribution in [3.05, 3.63) is 42.0 Å². The van der Waals surface area contributed by atoms with Crippen molar-refractivity contribution in [2.45, 2.75) is 32.4 Å². The van der Waals surface area contributed by atoms with Gasteiger partial charge in [-0.3, -0.25) is 14.7 Å². The number of anilines is 1. The van der Waals surface area contributed by atoms with E-state index in [1.807, 2.05) is 25.1 Å². The van der Waals surface area contributed by atoms with E-state index in [-0.39, 0.29) is 23.8 Å². The zero-order chi connectivity index (χ0) is 17.9. The first-order valence-electron chi connectivity index (χ1n) is 9.16. The van der Waals surface area contributed by atoms with Gasteiger partial charge < -0.3 is 14.6 Å². The van der Waals surface area contributed by atoms with Gasteiger partial charge in [0.1, 0.15) is 5.76 Å². The minimum atomic E-state index is -0.0456. The molecular formula is C19H24N4O3. The van der Waals surface area contributed by atoms with Gasteiger partial charge in [0.2, 0.25) is 5.91 Å². The topological polar surface area (TPSA) is 80.5 Å². The number of rotatable bonds is 4. The number of carbonyl (C=O) groups excluding carboxylic acids is 1. The van der Waals surface area contributed by atoms with Crippen LogP contribution < -0.4 is 5.32 Å². The van der Waals surface area contributed by atoms with E-state index in [1.165, 1.54) is 0 Å². The number of amides is 1. The molecule has 2 aromatic heterocycles. The van der Waals surface area contributed by atoms with Crippen LogP contribution in [0.4, 0.5) is 5.69 Å². The maximum atomic E-state index is 12.9. The summed E-state index contributed by atoms with van der Waals surface area (Å²) >= 11 is 0. The molecule has 2 aromatic rings. The first kappa shape index (κ1) is 17.2. The number of ether oxygens (including phenoxy) is 1. The molecule has 7 heteroatoms. The first-order chi connectivity index (χ1) is 12.7. The molecule has 0 saturated carbocycles. The molecule has 7 nitrogen and oxygen atoms in total. The Bertz CT molecular complexity index is 748. The molecule has 0 aliphatic carbocycles. The summed E-state index contributed by atoms with van der Waals surface area (Å²) < 4.78 is 11.1. The minimum Gasteiger partial charge on any atom is -0.378 e. The van der Waals surface area contributed by atoms with E-state index < -0.39 is 0 Å². The van der Waals surface area contributed by atoms with Gasteiger partial charge in [0.15, 0.2) is 0 Å². The molecule has 1 amide bonds. The largest absolute Gasteiger partial charge is 0.378 e. The molecule has 138 valence electrons. The fraction of sp³-hybridized carbons (Fsp3) is 0.526. The van der Waals surface area contributed by atoms with Gasteiger partial charge >= 0.3 is 0 Å². The van der Waals surface area contributed by atoms with Crippen molar-refractivity contribution in [2.75, 3.05) is 25.0 Å². The Morgan fingerprint density at radius 1 is 1.42 bits per heavy atom. The molecule has 0 unspecified atom stereocenters. The van der Waals surface area contributed by atoms with Crippen molar-refractivity contribution in [2.24, 2.45) is 11.8 Å². The third-order valence-electron chi connectivity index (χ3n) is 5.28. The molecule has 1 N–H and O–H groups in total. The monoisotopic (exact) mass is 356 g/mol. The van der Waals surface area contributed by atoms with Crippen LogP contribution in [0, 0.1) is 18.8 Å². The third kappa shape index (κ3) is 3.78. The second-order valence-electron chi connectivity index (χ2n) is 7.15. The number of fused-ring (bicyclic) bond motifs is 1. The summed E-state index contributed by atoms with van der Waals surface area (Å²) in [5.41, 5.74) is 1.68. The third-order valence-corrected chi connectivity index (χ3v) is 5.28. The fourth-order valence-corrected chi connectivity index (χ4v) is 4.05. The van der Waals surface area contributed by atoms with Gasteiger partial charge in [-0.15, -0.1) is 0 Å². The van der Waals surface area contributed by atoms with Crippen molar-refractivity contribution in [1.82, 2.24) is 15.0 Å². The van der Waals surface area contributed by atoms with Crippen LogP contribution >= 0.6 is 0 Å². The van der Waals surface area contributed by atoms with Crippen LogP contribution in [0.1, 0.15) is 24.3 Å². The van der Waals surface area contributed by atoms with E-state index in [0.29, 0.717) is 6.61 Å². The second kappa shape index (κ2) is 7.55. The molecule has 0 aromatic carbocycles. The maximum Gasteiger partial charge on any atom is 0.228 e. The van der Waals surface area contributed by atoms with Gasteiger partial charge in [0.25, 0.3) is 0 Å². The molecule has 4 heterocycles.